The Balaban J connectivity index is 1.74. The minimum absolute atomic E-state index is 0.703. The molecule has 4 aromatic rings. The molecule has 0 aliphatic carbocycles. The number of benzene rings is 2. The second-order valence-corrected chi connectivity index (χ2v) is 6.45. The molecular weight excluding hydrogens is 344 g/mol. The summed E-state index contributed by atoms with van der Waals surface area (Å²) in [6.07, 6.45) is 6.34. The number of terminal acetylenes is 1. The topological polar surface area (TPSA) is 37.5 Å². The molecule has 0 bridgehead atoms. The highest BCUT2D eigenvalue weighted by atomic mass is 35.5. The summed E-state index contributed by atoms with van der Waals surface area (Å²) in [4.78, 5) is 0. The van der Waals surface area contributed by atoms with Gasteiger partial charge in [-0.2, -0.15) is 5.10 Å². The molecule has 0 fully saturated rings. The standard InChI is InChI=1S/C22H15ClN2O/c1-2-22(26)18-5-3-4-16(12-18)17-10-11-25-20(13-17)14-21(24-25)15-6-8-19(23)9-7-15/h1,3-14,22,26H. The van der Waals surface area contributed by atoms with Crippen LogP contribution in [0.15, 0.2) is 72.9 Å². The van der Waals surface area contributed by atoms with Gasteiger partial charge in [0.15, 0.2) is 0 Å². The lowest BCUT2D eigenvalue weighted by Gasteiger charge is -2.07. The van der Waals surface area contributed by atoms with Crippen molar-refractivity contribution in [1.82, 2.24) is 9.61 Å². The zero-order valence-corrected chi connectivity index (χ0v) is 14.6. The molecule has 1 N–H and O–H groups in total. The summed E-state index contributed by atoms with van der Waals surface area (Å²) < 4.78 is 1.84. The number of hydrogen-bond acceptors (Lipinski definition) is 2. The molecule has 3 nitrogen and oxygen atoms in total. The molecule has 4 heteroatoms. The molecule has 0 spiro atoms. The molecule has 0 aliphatic heterocycles. The number of nitrogens with zero attached hydrogens (tertiary/aromatic N) is 2. The second-order valence-electron chi connectivity index (χ2n) is 6.02. The average molecular weight is 359 g/mol. The predicted molar refractivity (Wildman–Crippen MR) is 105 cm³/mol. The van der Waals surface area contributed by atoms with E-state index in [9.17, 15) is 5.11 Å². The second kappa shape index (κ2) is 6.68. The molecule has 2 heterocycles. The number of fused-ring (bicyclic) bond motifs is 1. The molecule has 2 aromatic heterocycles. The SMILES string of the molecule is C#CC(O)c1cccc(-c2ccn3nc(-c4ccc(Cl)cc4)cc3c2)c1. The minimum Gasteiger partial charge on any atom is -0.376 e. The van der Waals surface area contributed by atoms with Gasteiger partial charge in [0.05, 0.1) is 11.2 Å². The van der Waals surface area contributed by atoms with E-state index in [0.717, 1.165) is 27.9 Å². The van der Waals surface area contributed by atoms with Crippen LogP contribution >= 0.6 is 11.6 Å². The highest BCUT2D eigenvalue weighted by Crippen LogP contribution is 2.27. The van der Waals surface area contributed by atoms with Crippen molar-refractivity contribution in [1.29, 1.82) is 0 Å². The van der Waals surface area contributed by atoms with Crippen molar-refractivity contribution in [2.75, 3.05) is 0 Å². The van der Waals surface area contributed by atoms with Crippen molar-refractivity contribution in [2.24, 2.45) is 0 Å². The summed E-state index contributed by atoms with van der Waals surface area (Å²) in [6.45, 7) is 0. The third-order valence-electron chi connectivity index (χ3n) is 4.30. The fourth-order valence-corrected chi connectivity index (χ4v) is 3.05. The Kier molecular flexibility index (Phi) is 4.22. The zero-order chi connectivity index (χ0) is 18.1. The molecule has 1 unspecified atom stereocenters. The van der Waals surface area contributed by atoms with Crippen LogP contribution in [0.1, 0.15) is 11.7 Å². The van der Waals surface area contributed by atoms with Crippen molar-refractivity contribution < 1.29 is 5.11 Å². The van der Waals surface area contributed by atoms with Gasteiger partial charge in [0.25, 0.3) is 0 Å². The Morgan fingerprint density at radius 2 is 1.73 bits per heavy atom. The number of aliphatic hydroxyl groups is 1. The molecule has 0 aliphatic rings. The molecule has 126 valence electrons. The van der Waals surface area contributed by atoms with Gasteiger partial charge in [0.2, 0.25) is 0 Å². The van der Waals surface area contributed by atoms with E-state index in [0.29, 0.717) is 10.6 Å². The van der Waals surface area contributed by atoms with E-state index in [1.165, 1.54) is 0 Å². The molecule has 26 heavy (non-hydrogen) atoms. The van der Waals surface area contributed by atoms with Crippen molar-refractivity contribution in [3.8, 4) is 34.7 Å². The van der Waals surface area contributed by atoms with Gasteiger partial charge in [0.1, 0.15) is 6.10 Å². The van der Waals surface area contributed by atoms with E-state index in [1.54, 1.807) is 0 Å². The fraction of sp³-hybridized carbons (Fsp3) is 0.0455. The van der Waals surface area contributed by atoms with Crippen molar-refractivity contribution in [2.45, 2.75) is 6.10 Å². The first-order valence-electron chi connectivity index (χ1n) is 8.14. The van der Waals surface area contributed by atoms with Crippen LogP contribution in [0.5, 0.6) is 0 Å². The first-order chi connectivity index (χ1) is 12.6. The quantitative estimate of drug-likeness (QED) is 0.524. The number of aliphatic hydroxyl groups excluding tert-OH is 1. The summed E-state index contributed by atoms with van der Waals surface area (Å²) in [5.41, 5.74) is 5.62. The summed E-state index contributed by atoms with van der Waals surface area (Å²) in [7, 11) is 0. The summed E-state index contributed by atoms with van der Waals surface area (Å²) >= 11 is 5.96. The summed E-state index contributed by atoms with van der Waals surface area (Å²) in [5, 5.41) is 15.2. The Morgan fingerprint density at radius 1 is 0.962 bits per heavy atom. The van der Waals surface area contributed by atoms with Crippen molar-refractivity contribution >= 4 is 17.1 Å². The largest absolute Gasteiger partial charge is 0.376 e. The van der Waals surface area contributed by atoms with Crippen LogP contribution in [0, 0.1) is 12.3 Å². The lowest BCUT2D eigenvalue weighted by atomic mass is 10.0. The average Bonchev–Trinajstić information content (AvgIpc) is 3.11. The smallest absolute Gasteiger partial charge is 0.140 e. The molecule has 0 saturated heterocycles. The number of halogens is 1. The molecule has 4 rings (SSSR count). The third kappa shape index (κ3) is 3.09. The van der Waals surface area contributed by atoms with Crippen LogP contribution in [0.4, 0.5) is 0 Å². The molecule has 0 radical (unpaired) electrons. The summed E-state index contributed by atoms with van der Waals surface area (Å²) in [6, 6.07) is 21.3. The first kappa shape index (κ1) is 16.4. The molecule has 0 saturated carbocycles. The van der Waals surface area contributed by atoms with E-state index in [4.69, 9.17) is 18.0 Å². The fourth-order valence-electron chi connectivity index (χ4n) is 2.92. The molecular formula is C22H15ClN2O. The monoisotopic (exact) mass is 358 g/mol. The first-order valence-corrected chi connectivity index (χ1v) is 8.52. The van der Waals surface area contributed by atoms with E-state index >= 15 is 0 Å². The van der Waals surface area contributed by atoms with Gasteiger partial charge in [-0.3, -0.25) is 0 Å². The Hall–Kier alpha value is -3.06. The highest BCUT2D eigenvalue weighted by Gasteiger charge is 2.08. The third-order valence-corrected chi connectivity index (χ3v) is 4.55. The number of rotatable bonds is 3. The summed E-state index contributed by atoms with van der Waals surface area (Å²) in [5.74, 6) is 2.35. The van der Waals surface area contributed by atoms with E-state index < -0.39 is 6.10 Å². The normalized spacial score (nSPS) is 12.0. The lowest BCUT2D eigenvalue weighted by Crippen LogP contribution is -1.93. The van der Waals surface area contributed by atoms with Crippen molar-refractivity contribution in [3.05, 3.63) is 83.5 Å². The molecule has 2 aromatic carbocycles. The van der Waals surface area contributed by atoms with E-state index in [-0.39, 0.29) is 0 Å². The Labute approximate surface area is 156 Å². The number of hydrogen-bond donors (Lipinski definition) is 1. The maximum absolute atomic E-state index is 9.86. The lowest BCUT2D eigenvalue weighted by molar-refractivity contribution is 0.238. The highest BCUT2D eigenvalue weighted by molar-refractivity contribution is 6.30. The van der Waals surface area contributed by atoms with Crippen LogP contribution in [0.3, 0.4) is 0 Å². The number of pyridine rings is 1. The van der Waals surface area contributed by atoms with Crippen molar-refractivity contribution in [3.63, 3.8) is 0 Å². The molecule has 0 amide bonds. The van der Waals surface area contributed by atoms with Crippen LogP contribution in [0.2, 0.25) is 5.02 Å². The van der Waals surface area contributed by atoms with Crippen LogP contribution in [-0.4, -0.2) is 14.7 Å². The van der Waals surface area contributed by atoms with Gasteiger partial charge in [0, 0.05) is 16.8 Å². The van der Waals surface area contributed by atoms with E-state index in [1.807, 2.05) is 71.4 Å². The van der Waals surface area contributed by atoms with Gasteiger partial charge in [-0.05, 0) is 53.1 Å². The van der Waals surface area contributed by atoms with Gasteiger partial charge < -0.3 is 5.11 Å². The van der Waals surface area contributed by atoms with E-state index in [2.05, 4.69) is 17.1 Å². The number of aromatic nitrogens is 2. The minimum atomic E-state index is -0.898. The van der Waals surface area contributed by atoms with Gasteiger partial charge in [-0.15, -0.1) is 6.42 Å². The van der Waals surface area contributed by atoms with Gasteiger partial charge in [-0.1, -0.05) is 47.9 Å². The Morgan fingerprint density at radius 3 is 2.50 bits per heavy atom. The molecule has 1 atom stereocenters. The Bertz CT molecular complexity index is 1120. The van der Waals surface area contributed by atoms with Crippen LogP contribution in [-0.2, 0) is 0 Å². The maximum atomic E-state index is 9.86. The van der Waals surface area contributed by atoms with Crippen LogP contribution in [0.25, 0.3) is 27.9 Å². The van der Waals surface area contributed by atoms with Gasteiger partial charge >= 0.3 is 0 Å². The van der Waals surface area contributed by atoms with Gasteiger partial charge in [-0.25, -0.2) is 4.52 Å². The zero-order valence-electron chi connectivity index (χ0n) is 13.8. The van der Waals surface area contributed by atoms with Crippen LogP contribution < -0.4 is 0 Å². The maximum Gasteiger partial charge on any atom is 0.140 e. The predicted octanol–water partition coefficient (Wildman–Crippen LogP) is 4.99.